The summed E-state index contributed by atoms with van der Waals surface area (Å²) in [6.45, 7) is 11.2. The van der Waals surface area contributed by atoms with Crippen molar-refractivity contribution in [2.45, 2.75) is 91.1 Å². The number of hydrogen-bond donors (Lipinski definition) is 1. The number of rotatable bonds is 3. The summed E-state index contributed by atoms with van der Waals surface area (Å²) >= 11 is 0. The molecule has 0 spiro atoms. The van der Waals surface area contributed by atoms with Gasteiger partial charge in [0.05, 0.1) is 0 Å². The summed E-state index contributed by atoms with van der Waals surface area (Å²) in [7, 11) is 0. The number of alkyl carbamates (subject to hydrolysis) is 1. The quantitative estimate of drug-likeness (QED) is 0.516. The molecule has 0 radical (unpaired) electrons. The number of benzene rings is 2. The van der Waals surface area contributed by atoms with Crippen LogP contribution in [0.15, 0.2) is 48.5 Å². The third-order valence-corrected chi connectivity index (χ3v) is 5.24. The largest absolute Gasteiger partial charge is 0.490 e. The highest BCUT2D eigenvalue weighted by Gasteiger charge is 2.29. The van der Waals surface area contributed by atoms with Crippen LogP contribution in [0.4, 0.5) is 9.18 Å². The minimum Gasteiger partial charge on any atom is -0.490 e. The molecule has 1 N–H and O–H groups in total. The molecule has 1 heterocycles. The molecule has 2 aromatic rings. The zero-order valence-electron chi connectivity index (χ0n) is 21.6. The van der Waals surface area contributed by atoms with Crippen LogP contribution in [0.5, 0.6) is 5.75 Å². The lowest BCUT2D eigenvalue weighted by Crippen LogP contribution is -2.44. The molecule has 2 unspecified atom stereocenters. The van der Waals surface area contributed by atoms with Crippen LogP contribution in [-0.2, 0) is 14.3 Å². The van der Waals surface area contributed by atoms with Crippen molar-refractivity contribution in [3.05, 3.63) is 65.5 Å². The second-order valence-electron chi connectivity index (χ2n) is 9.96. The Hall–Kier alpha value is -3.09. The van der Waals surface area contributed by atoms with Crippen LogP contribution in [0.2, 0.25) is 0 Å². The van der Waals surface area contributed by atoms with Crippen LogP contribution in [0.3, 0.4) is 0 Å². The smallest absolute Gasteiger partial charge is 0.408 e. The number of halogens is 1. The number of hydrogen-bond acceptors (Lipinski definition) is 5. The molecule has 7 heteroatoms. The highest BCUT2D eigenvalue weighted by Crippen LogP contribution is 2.22. The van der Waals surface area contributed by atoms with Gasteiger partial charge in [-0.05, 0) is 85.1 Å². The zero-order valence-corrected chi connectivity index (χ0v) is 21.6. The maximum atomic E-state index is 12.4. The first-order chi connectivity index (χ1) is 16.4. The Labute approximate surface area is 208 Å². The van der Waals surface area contributed by atoms with Crippen molar-refractivity contribution in [2.75, 3.05) is 0 Å². The van der Waals surface area contributed by atoms with E-state index in [0.29, 0.717) is 12.8 Å². The molecule has 35 heavy (non-hydrogen) atoms. The molecule has 0 bridgehead atoms. The monoisotopic (exact) mass is 487 g/mol. The normalized spacial score (nSPS) is 20.7. The minimum absolute atomic E-state index is 0.0456. The van der Waals surface area contributed by atoms with Gasteiger partial charge in [-0.25, -0.2) is 14.0 Å². The van der Waals surface area contributed by atoms with Crippen LogP contribution in [0.25, 0.3) is 0 Å². The van der Waals surface area contributed by atoms with Crippen LogP contribution >= 0.6 is 0 Å². The van der Waals surface area contributed by atoms with Crippen molar-refractivity contribution in [3.63, 3.8) is 0 Å². The van der Waals surface area contributed by atoms with Crippen LogP contribution in [0, 0.1) is 19.7 Å². The summed E-state index contributed by atoms with van der Waals surface area (Å²) in [5, 5.41) is 2.64. The van der Waals surface area contributed by atoms with Gasteiger partial charge in [-0.1, -0.05) is 35.4 Å². The Morgan fingerprint density at radius 3 is 2.11 bits per heavy atom. The van der Waals surface area contributed by atoms with Gasteiger partial charge >= 0.3 is 12.1 Å². The lowest BCUT2D eigenvalue weighted by molar-refractivity contribution is -0.151. The summed E-state index contributed by atoms with van der Waals surface area (Å²) in [5.41, 5.74) is 1.65. The first-order valence-corrected chi connectivity index (χ1v) is 12.1. The van der Waals surface area contributed by atoms with E-state index in [2.05, 4.69) is 5.32 Å². The Morgan fingerprint density at radius 2 is 1.57 bits per heavy atom. The molecule has 2 aromatic carbocycles. The number of carbonyl (C=O) groups is 2. The van der Waals surface area contributed by atoms with Crippen molar-refractivity contribution >= 4 is 12.1 Å². The molecule has 1 saturated heterocycles. The molecule has 1 amide bonds. The fraction of sp³-hybridized carbons (Fsp3) is 0.500. The van der Waals surface area contributed by atoms with Crippen molar-refractivity contribution in [3.8, 4) is 5.75 Å². The molecular weight excluding hydrogens is 449 g/mol. The maximum Gasteiger partial charge on any atom is 0.408 e. The molecular formula is C28H38FNO5. The second-order valence-corrected chi connectivity index (χ2v) is 9.96. The van der Waals surface area contributed by atoms with Crippen LogP contribution in [-0.4, -0.2) is 35.9 Å². The number of nitrogens with one attached hydrogen (secondary N) is 1. The summed E-state index contributed by atoms with van der Waals surface area (Å²) in [4.78, 5) is 24.4. The van der Waals surface area contributed by atoms with E-state index in [-0.39, 0.29) is 18.0 Å². The van der Waals surface area contributed by atoms with Crippen LogP contribution in [0.1, 0.15) is 64.5 Å². The molecule has 3 rings (SSSR count). The van der Waals surface area contributed by atoms with Crippen molar-refractivity contribution in [2.24, 2.45) is 0 Å². The molecule has 1 fully saturated rings. The third-order valence-electron chi connectivity index (χ3n) is 5.24. The minimum atomic E-state index is -0.708. The standard InChI is InChI=1S/C21H31NO5.C7H7F/c1-14-9-11-16(12-10-14)26-17-7-6-8-18(19(23)25-15(2)13-17)22-20(24)27-21(3,4)5;1-6-2-4-7(8)5-3-6/h9-12,15,17-18H,6-8,13H2,1-5H3,(H,22,24);2-5H,1H3/t15?,17?,18-;/m0./s1. The predicted molar refractivity (Wildman–Crippen MR) is 134 cm³/mol. The van der Waals surface area contributed by atoms with Gasteiger partial charge in [0.25, 0.3) is 0 Å². The lowest BCUT2D eigenvalue weighted by atomic mass is 10.0. The van der Waals surface area contributed by atoms with Gasteiger partial charge in [0.1, 0.15) is 35.4 Å². The van der Waals surface area contributed by atoms with Crippen molar-refractivity contribution in [1.82, 2.24) is 5.32 Å². The Bertz CT molecular complexity index is 916. The second kappa shape index (κ2) is 13.1. The highest BCUT2D eigenvalue weighted by molar-refractivity contribution is 5.81. The van der Waals surface area contributed by atoms with E-state index in [0.717, 1.165) is 24.2 Å². The van der Waals surface area contributed by atoms with E-state index in [1.54, 1.807) is 32.9 Å². The molecule has 1 aliphatic rings. The topological polar surface area (TPSA) is 73.9 Å². The molecule has 1 aliphatic heterocycles. The van der Waals surface area contributed by atoms with Gasteiger partial charge in [0.2, 0.25) is 0 Å². The van der Waals surface area contributed by atoms with Gasteiger partial charge in [-0.3, -0.25) is 0 Å². The molecule has 192 valence electrons. The fourth-order valence-electron chi connectivity index (χ4n) is 3.51. The zero-order chi connectivity index (χ0) is 26.0. The van der Waals surface area contributed by atoms with Gasteiger partial charge in [0, 0.05) is 6.42 Å². The number of esters is 1. The fourth-order valence-corrected chi connectivity index (χ4v) is 3.51. The third kappa shape index (κ3) is 11.3. The Kier molecular flexibility index (Phi) is 10.6. The Balaban J connectivity index is 0.000000456. The van der Waals surface area contributed by atoms with E-state index in [1.807, 2.05) is 45.0 Å². The highest BCUT2D eigenvalue weighted by atomic mass is 19.1. The van der Waals surface area contributed by atoms with E-state index in [9.17, 15) is 14.0 Å². The summed E-state index contributed by atoms with van der Waals surface area (Å²) < 4.78 is 28.9. The number of aryl methyl sites for hydroxylation is 2. The van der Waals surface area contributed by atoms with E-state index in [4.69, 9.17) is 14.2 Å². The Morgan fingerprint density at radius 1 is 1.00 bits per heavy atom. The lowest BCUT2D eigenvalue weighted by Gasteiger charge is -2.23. The number of ether oxygens (including phenoxy) is 3. The number of carbonyl (C=O) groups excluding carboxylic acids is 2. The van der Waals surface area contributed by atoms with E-state index in [1.165, 1.54) is 17.7 Å². The van der Waals surface area contributed by atoms with Crippen molar-refractivity contribution in [1.29, 1.82) is 0 Å². The number of cyclic esters (lactones) is 1. The van der Waals surface area contributed by atoms with Gasteiger partial charge in [-0.15, -0.1) is 0 Å². The summed E-state index contributed by atoms with van der Waals surface area (Å²) in [6.07, 6.45) is 1.66. The average Bonchev–Trinajstić information content (AvgIpc) is 2.81. The van der Waals surface area contributed by atoms with Gasteiger partial charge < -0.3 is 19.5 Å². The molecule has 0 saturated carbocycles. The molecule has 6 nitrogen and oxygen atoms in total. The van der Waals surface area contributed by atoms with Gasteiger partial charge in [-0.2, -0.15) is 0 Å². The summed E-state index contributed by atoms with van der Waals surface area (Å²) in [6, 6.07) is 13.6. The van der Waals surface area contributed by atoms with Crippen molar-refractivity contribution < 1.29 is 28.2 Å². The first-order valence-electron chi connectivity index (χ1n) is 12.1. The van der Waals surface area contributed by atoms with E-state index < -0.39 is 23.7 Å². The maximum absolute atomic E-state index is 12.4. The average molecular weight is 488 g/mol. The molecule has 3 atom stereocenters. The first kappa shape index (κ1) is 28.1. The number of amides is 1. The van der Waals surface area contributed by atoms with Crippen LogP contribution < -0.4 is 10.1 Å². The predicted octanol–water partition coefficient (Wildman–Crippen LogP) is 6.28. The SMILES string of the molecule is Cc1ccc(F)cc1.Cc1ccc(OC2CCC[C@H](NC(=O)OC(C)(C)C)C(=O)OC(C)C2)cc1. The van der Waals surface area contributed by atoms with E-state index >= 15 is 0 Å². The molecule has 0 aliphatic carbocycles. The molecule has 0 aromatic heterocycles. The van der Waals surface area contributed by atoms with Gasteiger partial charge in [0.15, 0.2) is 0 Å². The summed E-state index contributed by atoms with van der Waals surface area (Å²) in [5.74, 6) is 0.215.